The fourth-order valence-corrected chi connectivity index (χ4v) is 1.43. The molecule has 1 aliphatic rings. The molecular formula is C13H10O4. The van der Waals surface area contributed by atoms with Gasteiger partial charge in [0.25, 0.3) is 0 Å². The number of rotatable bonds is 3. The second kappa shape index (κ2) is 4.65. The summed E-state index contributed by atoms with van der Waals surface area (Å²) < 4.78 is 9.77. The van der Waals surface area contributed by atoms with Gasteiger partial charge in [-0.05, 0) is 0 Å². The lowest BCUT2D eigenvalue weighted by molar-refractivity contribution is -0.132. The van der Waals surface area contributed by atoms with Crippen LogP contribution in [0.3, 0.4) is 0 Å². The van der Waals surface area contributed by atoms with Crippen molar-refractivity contribution in [2.24, 2.45) is 0 Å². The molecule has 0 amide bonds. The first-order valence-electron chi connectivity index (χ1n) is 4.99. The number of cyclic esters (lactones) is 1. The Bertz CT molecular complexity index is 511. The maximum absolute atomic E-state index is 11.8. The Morgan fingerprint density at radius 1 is 1.29 bits per heavy atom. The van der Waals surface area contributed by atoms with E-state index in [4.69, 9.17) is 9.47 Å². The van der Waals surface area contributed by atoms with Crippen molar-refractivity contribution in [3.8, 4) is 0 Å². The van der Waals surface area contributed by atoms with Crippen molar-refractivity contribution in [3.05, 3.63) is 59.6 Å². The lowest BCUT2D eigenvalue weighted by Gasteiger charge is -2.02. The lowest BCUT2D eigenvalue weighted by atomic mass is 10.1. The number of carbonyl (C=O) groups excluding carboxylic acids is 2. The summed E-state index contributed by atoms with van der Waals surface area (Å²) in [6, 6.07) is 8.72. The van der Waals surface area contributed by atoms with Crippen LogP contribution in [0, 0.1) is 0 Å². The Balaban J connectivity index is 2.24. The molecule has 0 saturated heterocycles. The number of hydrogen-bond donors (Lipinski definition) is 0. The molecule has 4 nitrogen and oxygen atoms in total. The quantitative estimate of drug-likeness (QED) is 0.451. The van der Waals surface area contributed by atoms with Crippen molar-refractivity contribution in [2.45, 2.75) is 0 Å². The molecule has 0 fully saturated rings. The highest BCUT2D eigenvalue weighted by Crippen LogP contribution is 2.20. The smallest absolute Gasteiger partial charge is 0.340 e. The van der Waals surface area contributed by atoms with Crippen LogP contribution in [0.5, 0.6) is 0 Å². The van der Waals surface area contributed by atoms with Crippen LogP contribution in [-0.2, 0) is 14.3 Å². The predicted molar refractivity (Wildman–Crippen MR) is 60.0 cm³/mol. The molecule has 0 spiro atoms. The highest BCUT2D eigenvalue weighted by atomic mass is 16.6. The number of carbonyl (C=O) groups is 2. The van der Waals surface area contributed by atoms with E-state index in [0.29, 0.717) is 5.56 Å². The van der Waals surface area contributed by atoms with Gasteiger partial charge in [0.1, 0.15) is 0 Å². The zero-order valence-corrected chi connectivity index (χ0v) is 9.17. The van der Waals surface area contributed by atoms with Gasteiger partial charge in [-0.1, -0.05) is 30.3 Å². The number of benzene rings is 1. The van der Waals surface area contributed by atoms with Crippen LogP contribution in [0.1, 0.15) is 10.4 Å². The van der Waals surface area contributed by atoms with Crippen molar-refractivity contribution in [2.75, 3.05) is 7.11 Å². The summed E-state index contributed by atoms with van der Waals surface area (Å²) in [5.74, 6) is -0.363. The molecule has 1 aliphatic heterocycles. The fourth-order valence-electron chi connectivity index (χ4n) is 1.43. The monoisotopic (exact) mass is 230 g/mol. The summed E-state index contributed by atoms with van der Waals surface area (Å²) in [4.78, 5) is 22.8. The Morgan fingerprint density at radius 3 is 2.65 bits per heavy atom. The largest absolute Gasteiger partial charge is 0.493 e. The zero-order chi connectivity index (χ0) is 12.3. The van der Waals surface area contributed by atoms with E-state index in [-0.39, 0.29) is 17.3 Å². The molecule has 1 aromatic rings. The SMILES string of the molecule is COC1=CC(=O)O/C1=C\C(=O)c1ccccc1. The maximum atomic E-state index is 11.8. The van der Waals surface area contributed by atoms with E-state index in [2.05, 4.69) is 0 Å². The summed E-state index contributed by atoms with van der Waals surface area (Å²) in [6.45, 7) is 0. The van der Waals surface area contributed by atoms with Crippen LogP contribution in [0.25, 0.3) is 0 Å². The molecule has 0 unspecified atom stereocenters. The Kier molecular flexibility index (Phi) is 3.05. The standard InChI is InChI=1S/C13H10O4/c1-16-11-8-13(15)17-12(11)7-10(14)9-5-3-2-4-6-9/h2-8H,1H3/b12-7-. The van der Waals surface area contributed by atoms with Crippen LogP contribution in [0.2, 0.25) is 0 Å². The van der Waals surface area contributed by atoms with E-state index in [9.17, 15) is 9.59 Å². The van der Waals surface area contributed by atoms with Crippen molar-refractivity contribution >= 4 is 11.8 Å². The topological polar surface area (TPSA) is 52.6 Å². The average molecular weight is 230 g/mol. The third-order valence-corrected chi connectivity index (χ3v) is 2.24. The second-order valence-electron chi connectivity index (χ2n) is 3.37. The minimum atomic E-state index is -0.533. The van der Waals surface area contributed by atoms with Gasteiger partial charge >= 0.3 is 5.97 Å². The van der Waals surface area contributed by atoms with Gasteiger partial charge in [0.15, 0.2) is 17.3 Å². The molecule has 1 heterocycles. The second-order valence-corrected chi connectivity index (χ2v) is 3.37. The van der Waals surface area contributed by atoms with Gasteiger partial charge in [-0.3, -0.25) is 4.79 Å². The fraction of sp³-hybridized carbons (Fsp3) is 0.0769. The molecule has 86 valence electrons. The highest BCUT2D eigenvalue weighted by Gasteiger charge is 2.22. The molecule has 0 N–H and O–H groups in total. The number of esters is 1. The van der Waals surface area contributed by atoms with Crippen molar-refractivity contribution in [1.29, 1.82) is 0 Å². The molecule has 0 radical (unpaired) electrons. The van der Waals surface area contributed by atoms with Crippen LogP contribution >= 0.6 is 0 Å². The molecule has 0 bridgehead atoms. The number of ether oxygens (including phenoxy) is 2. The average Bonchev–Trinajstić information content (AvgIpc) is 2.70. The highest BCUT2D eigenvalue weighted by molar-refractivity contribution is 6.05. The van der Waals surface area contributed by atoms with E-state index < -0.39 is 5.97 Å². The van der Waals surface area contributed by atoms with Gasteiger partial charge in [-0.15, -0.1) is 0 Å². The number of methoxy groups -OCH3 is 1. The first-order chi connectivity index (χ1) is 8.20. The predicted octanol–water partition coefficient (Wildman–Crippen LogP) is 1.84. The van der Waals surface area contributed by atoms with Gasteiger partial charge in [0.2, 0.25) is 0 Å². The Labute approximate surface area is 98.2 Å². The molecule has 0 atom stereocenters. The Hall–Kier alpha value is -2.36. The Morgan fingerprint density at radius 2 is 2.00 bits per heavy atom. The molecule has 4 heteroatoms. The van der Waals surface area contributed by atoms with Gasteiger partial charge in [-0.25, -0.2) is 4.79 Å². The van der Waals surface area contributed by atoms with E-state index in [0.717, 1.165) is 0 Å². The van der Waals surface area contributed by atoms with E-state index >= 15 is 0 Å². The van der Waals surface area contributed by atoms with Crippen LogP contribution in [0.4, 0.5) is 0 Å². The molecule has 0 saturated carbocycles. The molecule has 0 aromatic heterocycles. The van der Waals surface area contributed by atoms with E-state index in [1.54, 1.807) is 24.3 Å². The lowest BCUT2D eigenvalue weighted by Crippen LogP contribution is -1.99. The third-order valence-electron chi connectivity index (χ3n) is 2.24. The normalized spacial score (nSPS) is 16.6. The first kappa shape index (κ1) is 11.1. The molecule has 2 rings (SSSR count). The summed E-state index contributed by atoms with van der Waals surface area (Å²) in [7, 11) is 1.41. The number of ketones is 1. The minimum absolute atomic E-state index is 0.145. The van der Waals surface area contributed by atoms with Crippen LogP contribution < -0.4 is 0 Å². The summed E-state index contributed by atoms with van der Waals surface area (Å²) in [5, 5.41) is 0. The minimum Gasteiger partial charge on any atom is -0.493 e. The maximum Gasteiger partial charge on any atom is 0.340 e. The van der Waals surface area contributed by atoms with Crippen molar-refractivity contribution in [3.63, 3.8) is 0 Å². The van der Waals surface area contributed by atoms with Crippen LogP contribution in [-0.4, -0.2) is 18.9 Å². The summed E-state index contributed by atoms with van der Waals surface area (Å²) >= 11 is 0. The van der Waals surface area contributed by atoms with E-state index in [1.807, 2.05) is 6.07 Å². The first-order valence-corrected chi connectivity index (χ1v) is 4.99. The third kappa shape index (κ3) is 2.42. The molecular weight excluding hydrogens is 220 g/mol. The zero-order valence-electron chi connectivity index (χ0n) is 9.17. The molecule has 17 heavy (non-hydrogen) atoms. The summed E-state index contributed by atoms with van der Waals surface area (Å²) in [5.41, 5.74) is 0.526. The van der Waals surface area contributed by atoms with Gasteiger partial charge in [0, 0.05) is 11.6 Å². The van der Waals surface area contributed by atoms with Crippen molar-refractivity contribution in [1.82, 2.24) is 0 Å². The van der Waals surface area contributed by atoms with Gasteiger partial charge in [0.05, 0.1) is 13.2 Å². The number of hydrogen-bond acceptors (Lipinski definition) is 4. The van der Waals surface area contributed by atoms with Gasteiger partial charge in [-0.2, -0.15) is 0 Å². The molecule has 0 aliphatic carbocycles. The number of allylic oxidation sites excluding steroid dienone is 1. The van der Waals surface area contributed by atoms with Gasteiger partial charge < -0.3 is 9.47 Å². The summed E-state index contributed by atoms with van der Waals surface area (Å²) in [6.07, 6.45) is 2.44. The van der Waals surface area contributed by atoms with Crippen molar-refractivity contribution < 1.29 is 19.1 Å². The molecule has 1 aromatic carbocycles. The van der Waals surface area contributed by atoms with Crippen LogP contribution in [0.15, 0.2) is 54.0 Å². The van der Waals surface area contributed by atoms with E-state index in [1.165, 1.54) is 19.3 Å².